The number of hydrogen-bond acceptors (Lipinski definition) is 3. The summed E-state index contributed by atoms with van der Waals surface area (Å²) in [5, 5.41) is 7.44. The Hall–Kier alpha value is -2.16. The molecule has 0 amide bonds. The van der Waals surface area contributed by atoms with E-state index < -0.39 is 11.9 Å². The van der Waals surface area contributed by atoms with E-state index in [4.69, 9.17) is 0 Å². The molecular formula is C17H20F4N4S. The second kappa shape index (κ2) is 8.98. The molecule has 0 saturated heterocycles. The predicted molar refractivity (Wildman–Crippen MR) is 94.8 cm³/mol. The molecule has 2 aromatic rings. The number of nitrogens with one attached hydrogen (secondary N) is 2. The van der Waals surface area contributed by atoms with Gasteiger partial charge in [0.15, 0.2) is 11.7 Å². The van der Waals surface area contributed by atoms with Gasteiger partial charge in [-0.15, -0.1) is 11.3 Å². The van der Waals surface area contributed by atoms with Crippen molar-refractivity contribution >= 4 is 17.3 Å². The van der Waals surface area contributed by atoms with Crippen molar-refractivity contribution < 1.29 is 17.6 Å². The van der Waals surface area contributed by atoms with Crippen LogP contribution in [0.1, 0.15) is 28.8 Å². The van der Waals surface area contributed by atoms with Gasteiger partial charge in [-0.3, -0.25) is 0 Å². The number of hydrogen-bond donors (Lipinski definition) is 2. The van der Waals surface area contributed by atoms with Gasteiger partial charge >= 0.3 is 6.18 Å². The van der Waals surface area contributed by atoms with Crippen LogP contribution in [-0.2, 0) is 19.1 Å². The quantitative estimate of drug-likeness (QED) is 0.448. The summed E-state index contributed by atoms with van der Waals surface area (Å²) in [4.78, 5) is 7.82. The van der Waals surface area contributed by atoms with Crippen molar-refractivity contribution in [2.75, 3.05) is 13.1 Å². The molecule has 4 nitrogen and oxygen atoms in total. The summed E-state index contributed by atoms with van der Waals surface area (Å²) in [6.45, 7) is 4.98. The molecule has 0 fully saturated rings. The average molecular weight is 388 g/mol. The summed E-state index contributed by atoms with van der Waals surface area (Å²) < 4.78 is 50.8. The third-order valence-corrected chi connectivity index (χ3v) is 4.38. The molecule has 142 valence electrons. The minimum Gasteiger partial charge on any atom is -0.357 e. The first kappa shape index (κ1) is 20.2. The van der Waals surface area contributed by atoms with E-state index in [1.165, 1.54) is 12.1 Å². The summed E-state index contributed by atoms with van der Waals surface area (Å²) >= 11 is 0.931. The van der Waals surface area contributed by atoms with Crippen LogP contribution in [0.4, 0.5) is 17.6 Å². The topological polar surface area (TPSA) is 49.3 Å². The number of rotatable bonds is 6. The highest BCUT2D eigenvalue weighted by Gasteiger charge is 2.33. The fraction of sp³-hybridized carbons (Fsp3) is 0.412. The van der Waals surface area contributed by atoms with Gasteiger partial charge in [-0.25, -0.2) is 14.4 Å². The normalized spacial score (nSPS) is 12.3. The first-order chi connectivity index (χ1) is 12.3. The second-order valence-electron chi connectivity index (χ2n) is 5.57. The van der Waals surface area contributed by atoms with Crippen LogP contribution in [0, 0.1) is 12.7 Å². The fourth-order valence-corrected chi connectivity index (χ4v) is 2.98. The van der Waals surface area contributed by atoms with E-state index in [1.54, 1.807) is 6.07 Å². The number of aromatic nitrogens is 1. The van der Waals surface area contributed by atoms with Crippen LogP contribution in [-0.4, -0.2) is 24.0 Å². The van der Waals surface area contributed by atoms with Gasteiger partial charge in [0.25, 0.3) is 0 Å². The molecule has 0 atom stereocenters. The van der Waals surface area contributed by atoms with E-state index in [0.717, 1.165) is 27.8 Å². The number of thiazole rings is 1. The Morgan fingerprint density at radius 1 is 1.27 bits per heavy atom. The van der Waals surface area contributed by atoms with E-state index in [0.29, 0.717) is 30.5 Å². The number of benzene rings is 1. The summed E-state index contributed by atoms with van der Waals surface area (Å²) in [6, 6.07) is 4.64. The molecule has 9 heteroatoms. The minimum atomic E-state index is -4.44. The van der Waals surface area contributed by atoms with Crippen molar-refractivity contribution in [3.63, 3.8) is 0 Å². The molecule has 0 spiro atoms. The van der Waals surface area contributed by atoms with Crippen LogP contribution in [0.2, 0.25) is 0 Å². The SMILES string of the molecule is CCNC(=NCc1nc(C(F)(F)F)cs1)NCCc1ccc(F)cc1C. The lowest BCUT2D eigenvalue weighted by Crippen LogP contribution is -2.38. The predicted octanol–water partition coefficient (Wildman–Crippen LogP) is 3.91. The van der Waals surface area contributed by atoms with Gasteiger partial charge in [-0.1, -0.05) is 6.07 Å². The molecule has 1 aromatic heterocycles. The third kappa shape index (κ3) is 5.98. The first-order valence-corrected chi connectivity index (χ1v) is 8.96. The maximum absolute atomic E-state index is 13.1. The lowest BCUT2D eigenvalue weighted by molar-refractivity contribution is -0.140. The number of nitrogens with zero attached hydrogens (tertiary/aromatic N) is 2. The Balaban J connectivity index is 1.93. The molecule has 2 rings (SSSR count). The maximum Gasteiger partial charge on any atom is 0.434 e. The van der Waals surface area contributed by atoms with Gasteiger partial charge in [0.1, 0.15) is 10.8 Å². The van der Waals surface area contributed by atoms with E-state index in [9.17, 15) is 17.6 Å². The number of halogens is 4. The van der Waals surface area contributed by atoms with Gasteiger partial charge in [0.2, 0.25) is 0 Å². The maximum atomic E-state index is 13.1. The molecular weight excluding hydrogens is 368 g/mol. The van der Waals surface area contributed by atoms with E-state index >= 15 is 0 Å². The van der Waals surface area contributed by atoms with Crippen LogP contribution in [0.15, 0.2) is 28.6 Å². The smallest absolute Gasteiger partial charge is 0.357 e. The number of alkyl halides is 3. The fourth-order valence-electron chi connectivity index (χ4n) is 2.26. The van der Waals surface area contributed by atoms with Crippen LogP contribution < -0.4 is 10.6 Å². The highest BCUT2D eigenvalue weighted by Crippen LogP contribution is 2.30. The molecule has 0 saturated carbocycles. The molecule has 1 heterocycles. The lowest BCUT2D eigenvalue weighted by atomic mass is 10.1. The van der Waals surface area contributed by atoms with E-state index in [1.807, 2.05) is 13.8 Å². The minimum absolute atomic E-state index is 0.0612. The number of guanidine groups is 1. The number of aryl methyl sites for hydroxylation is 1. The molecule has 0 aliphatic carbocycles. The van der Waals surface area contributed by atoms with Crippen LogP contribution >= 0.6 is 11.3 Å². The Bertz CT molecular complexity index is 755. The zero-order chi connectivity index (χ0) is 19.2. The van der Waals surface area contributed by atoms with Crippen molar-refractivity contribution in [1.29, 1.82) is 0 Å². The molecule has 0 radical (unpaired) electrons. The summed E-state index contributed by atoms with van der Waals surface area (Å²) in [6.07, 6.45) is -3.76. The van der Waals surface area contributed by atoms with Gasteiger partial charge < -0.3 is 10.6 Å². The highest BCUT2D eigenvalue weighted by molar-refractivity contribution is 7.09. The van der Waals surface area contributed by atoms with E-state index in [2.05, 4.69) is 20.6 Å². The van der Waals surface area contributed by atoms with Gasteiger partial charge in [0, 0.05) is 18.5 Å². The van der Waals surface area contributed by atoms with Crippen molar-refractivity contribution in [2.24, 2.45) is 4.99 Å². The van der Waals surface area contributed by atoms with Crippen LogP contribution in [0.3, 0.4) is 0 Å². The summed E-state index contributed by atoms with van der Waals surface area (Å²) in [7, 11) is 0. The Morgan fingerprint density at radius 2 is 2.04 bits per heavy atom. The Morgan fingerprint density at radius 3 is 2.65 bits per heavy atom. The Labute approximate surface area is 153 Å². The monoisotopic (exact) mass is 388 g/mol. The van der Waals surface area contributed by atoms with Crippen LogP contribution in [0.25, 0.3) is 0 Å². The Kier molecular flexibility index (Phi) is 6.96. The molecule has 2 N–H and O–H groups in total. The molecule has 1 aromatic carbocycles. The lowest BCUT2D eigenvalue weighted by Gasteiger charge is -2.12. The van der Waals surface area contributed by atoms with Gasteiger partial charge in [-0.05, 0) is 43.5 Å². The zero-order valence-corrected chi connectivity index (χ0v) is 15.3. The van der Waals surface area contributed by atoms with Crippen molar-refractivity contribution in [1.82, 2.24) is 15.6 Å². The van der Waals surface area contributed by atoms with Crippen molar-refractivity contribution in [3.05, 3.63) is 51.2 Å². The average Bonchev–Trinajstić information content (AvgIpc) is 3.04. The second-order valence-corrected chi connectivity index (χ2v) is 6.51. The molecule has 26 heavy (non-hydrogen) atoms. The number of aliphatic imine (C=N–C) groups is 1. The molecule has 0 aliphatic rings. The molecule has 0 bridgehead atoms. The molecule has 0 unspecified atom stereocenters. The van der Waals surface area contributed by atoms with Crippen molar-refractivity contribution in [2.45, 2.75) is 33.0 Å². The van der Waals surface area contributed by atoms with Crippen LogP contribution in [0.5, 0.6) is 0 Å². The van der Waals surface area contributed by atoms with Gasteiger partial charge in [-0.2, -0.15) is 13.2 Å². The van der Waals surface area contributed by atoms with Gasteiger partial charge in [0.05, 0.1) is 6.54 Å². The highest BCUT2D eigenvalue weighted by atomic mass is 32.1. The summed E-state index contributed by atoms with van der Waals surface area (Å²) in [5.41, 5.74) is 0.998. The third-order valence-electron chi connectivity index (χ3n) is 3.55. The summed E-state index contributed by atoms with van der Waals surface area (Å²) in [5.74, 6) is 0.229. The van der Waals surface area contributed by atoms with Crippen molar-refractivity contribution in [3.8, 4) is 0 Å². The first-order valence-electron chi connectivity index (χ1n) is 8.08. The standard InChI is InChI=1S/C17H20F4N4S/c1-3-22-16(23-7-6-12-4-5-13(18)8-11(12)2)24-9-15-25-14(10-26-15)17(19,20)21/h4-5,8,10H,3,6-7,9H2,1-2H3,(H2,22,23,24). The molecule has 0 aliphatic heterocycles. The zero-order valence-electron chi connectivity index (χ0n) is 14.5. The largest absolute Gasteiger partial charge is 0.434 e. The van der Waals surface area contributed by atoms with E-state index in [-0.39, 0.29) is 12.4 Å².